The van der Waals surface area contributed by atoms with E-state index in [0.717, 1.165) is 24.0 Å². The number of hydrogen-bond donors (Lipinski definition) is 1. The van der Waals surface area contributed by atoms with Crippen molar-refractivity contribution in [2.45, 2.75) is 46.2 Å². The number of benzene rings is 2. The van der Waals surface area contributed by atoms with Crippen LogP contribution in [0.25, 0.3) is 0 Å². The summed E-state index contributed by atoms with van der Waals surface area (Å²) in [6.07, 6.45) is 1.90. The predicted octanol–water partition coefficient (Wildman–Crippen LogP) is 4.36. The predicted molar refractivity (Wildman–Crippen MR) is 116 cm³/mol. The van der Waals surface area contributed by atoms with Gasteiger partial charge in [-0.2, -0.15) is 0 Å². The second kappa shape index (κ2) is 11.5. The molecular formula is C23H29ClN2O3. The molecule has 1 N–H and O–H groups in total. The SMILES string of the molecule is CCCCNC(=O)C(C)N(Cc1ccccc1)C(=O)COc1ccc(Cl)c(C)c1. The Morgan fingerprint density at radius 3 is 2.55 bits per heavy atom. The normalized spacial score (nSPS) is 11.6. The van der Waals surface area contributed by atoms with Crippen molar-refractivity contribution in [1.82, 2.24) is 10.2 Å². The summed E-state index contributed by atoms with van der Waals surface area (Å²) in [5, 5.41) is 3.55. The number of unbranched alkanes of at least 4 members (excludes halogenated alkanes) is 1. The summed E-state index contributed by atoms with van der Waals surface area (Å²) in [5.41, 5.74) is 1.83. The van der Waals surface area contributed by atoms with E-state index in [1.807, 2.05) is 37.3 Å². The van der Waals surface area contributed by atoms with E-state index in [4.69, 9.17) is 16.3 Å². The summed E-state index contributed by atoms with van der Waals surface area (Å²) in [6, 6.07) is 14.3. The zero-order chi connectivity index (χ0) is 21.2. The van der Waals surface area contributed by atoms with Crippen LogP contribution in [0.5, 0.6) is 5.75 Å². The van der Waals surface area contributed by atoms with Crippen molar-refractivity contribution in [2.24, 2.45) is 0 Å². The van der Waals surface area contributed by atoms with Gasteiger partial charge in [0.05, 0.1) is 0 Å². The quantitative estimate of drug-likeness (QED) is 0.585. The smallest absolute Gasteiger partial charge is 0.261 e. The largest absolute Gasteiger partial charge is 0.484 e. The number of aryl methyl sites for hydroxylation is 1. The van der Waals surface area contributed by atoms with Gasteiger partial charge in [0.2, 0.25) is 5.91 Å². The van der Waals surface area contributed by atoms with E-state index < -0.39 is 6.04 Å². The minimum absolute atomic E-state index is 0.152. The zero-order valence-corrected chi connectivity index (χ0v) is 18.0. The van der Waals surface area contributed by atoms with Gasteiger partial charge in [-0.25, -0.2) is 0 Å². The highest BCUT2D eigenvalue weighted by atomic mass is 35.5. The van der Waals surface area contributed by atoms with Gasteiger partial charge in [0.1, 0.15) is 11.8 Å². The lowest BCUT2D eigenvalue weighted by molar-refractivity contribution is -0.142. The summed E-state index contributed by atoms with van der Waals surface area (Å²) < 4.78 is 5.67. The number of amides is 2. The fourth-order valence-electron chi connectivity index (χ4n) is 2.83. The highest BCUT2D eigenvalue weighted by Gasteiger charge is 2.26. The minimum atomic E-state index is -0.602. The van der Waals surface area contributed by atoms with E-state index in [1.54, 1.807) is 30.0 Å². The maximum Gasteiger partial charge on any atom is 0.261 e. The molecule has 2 rings (SSSR count). The summed E-state index contributed by atoms with van der Waals surface area (Å²) in [7, 11) is 0. The molecule has 2 aromatic carbocycles. The maximum atomic E-state index is 12.9. The molecule has 5 nitrogen and oxygen atoms in total. The number of hydrogen-bond acceptors (Lipinski definition) is 3. The molecule has 1 unspecified atom stereocenters. The fourth-order valence-corrected chi connectivity index (χ4v) is 2.95. The minimum Gasteiger partial charge on any atom is -0.484 e. The van der Waals surface area contributed by atoms with Gasteiger partial charge in [-0.15, -0.1) is 0 Å². The third-order valence-electron chi connectivity index (χ3n) is 4.68. The summed E-state index contributed by atoms with van der Waals surface area (Å²) in [6.45, 7) is 6.48. The molecule has 0 heterocycles. The van der Waals surface area contributed by atoms with E-state index in [-0.39, 0.29) is 18.4 Å². The van der Waals surface area contributed by atoms with Crippen LogP contribution in [0.4, 0.5) is 0 Å². The topological polar surface area (TPSA) is 58.6 Å². The molecule has 1 atom stereocenters. The molecular weight excluding hydrogens is 388 g/mol. The first kappa shape index (κ1) is 22.8. The number of nitrogens with one attached hydrogen (secondary N) is 1. The first-order valence-corrected chi connectivity index (χ1v) is 10.3. The highest BCUT2D eigenvalue weighted by molar-refractivity contribution is 6.31. The van der Waals surface area contributed by atoms with E-state index >= 15 is 0 Å². The lowest BCUT2D eigenvalue weighted by atomic mass is 10.1. The van der Waals surface area contributed by atoms with E-state index in [0.29, 0.717) is 23.9 Å². The van der Waals surface area contributed by atoms with Crippen molar-refractivity contribution in [3.63, 3.8) is 0 Å². The molecule has 0 spiro atoms. The monoisotopic (exact) mass is 416 g/mol. The zero-order valence-electron chi connectivity index (χ0n) is 17.3. The lowest BCUT2D eigenvalue weighted by Crippen LogP contribution is -2.49. The van der Waals surface area contributed by atoms with Gasteiger partial charge in [-0.1, -0.05) is 55.3 Å². The summed E-state index contributed by atoms with van der Waals surface area (Å²) >= 11 is 6.04. The van der Waals surface area contributed by atoms with Crippen LogP contribution in [-0.4, -0.2) is 35.9 Å². The molecule has 0 radical (unpaired) electrons. The first-order valence-electron chi connectivity index (χ1n) is 9.92. The van der Waals surface area contributed by atoms with Crippen LogP contribution in [0.2, 0.25) is 5.02 Å². The van der Waals surface area contributed by atoms with Crippen LogP contribution in [0.1, 0.15) is 37.8 Å². The lowest BCUT2D eigenvalue weighted by Gasteiger charge is -2.28. The number of nitrogens with zero attached hydrogens (tertiary/aromatic N) is 1. The van der Waals surface area contributed by atoms with Crippen molar-refractivity contribution < 1.29 is 14.3 Å². The average Bonchev–Trinajstić information content (AvgIpc) is 2.73. The van der Waals surface area contributed by atoms with Crippen LogP contribution in [0, 0.1) is 6.92 Å². The first-order chi connectivity index (χ1) is 13.9. The molecule has 0 saturated heterocycles. The molecule has 29 heavy (non-hydrogen) atoms. The van der Waals surface area contributed by atoms with Crippen LogP contribution >= 0.6 is 11.6 Å². The second-order valence-corrected chi connectivity index (χ2v) is 7.43. The standard InChI is InChI=1S/C23H29ClN2O3/c1-4-5-13-25-23(28)18(3)26(15-19-9-7-6-8-10-19)22(27)16-29-20-11-12-21(24)17(2)14-20/h6-12,14,18H,4-5,13,15-16H2,1-3H3,(H,25,28). The number of rotatable bonds is 10. The average molecular weight is 417 g/mol. The maximum absolute atomic E-state index is 12.9. The van der Waals surface area contributed by atoms with Gasteiger partial charge in [0, 0.05) is 18.1 Å². The molecule has 2 amide bonds. The molecule has 0 bridgehead atoms. The molecule has 6 heteroatoms. The van der Waals surface area contributed by atoms with Gasteiger partial charge in [0.25, 0.3) is 5.91 Å². The number of carbonyl (C=O) groups excluding carboxylic acids is 2. The Bertz CT molecular complexity index is 811. The third kappa shape index (κ3) is 7.09. The van der Waals surface area contributed by atoms with Crippen molar-refractivity contribution in [1.29, 1.82) is 0 Å². The Morgan fingerprint density at radius 2 is 1.90 bits per heavy atom. The van der Waals surface area contributed by atoms with Gasteiger partial charge in [-0.3, -0.25) is 9.59 Å². The van der Waals surface area contributed by atoms with Crippen molar-refractivity contribution in [3.8, 4) is 5.75 Å². The third-order valence-corrected chi connectivity index (χ3v) is 5.11. The second-order valence-electron chi connectivity index (χ2n) is 7.03. The molecule has 0 saturated carbocycles. The van der Waals surface area contributed by atoms with E-state index in [1.165, 1.54) is 0 Å². The fraction of sp³-hybridized carbons (Fsp3) is 0.391. The molecule has 0 aromatic heterocycles. The number of ether oxygens (including phenoxy) is 1. The summed E-state index contributed by atoms with van der Waals surface area (Å²) in [5.74, 6) is 0.157. The highest BCUT2D eigenvalue weighted by Crippen LogP contribution is 2.21. The van der Waals surface area contributed by atoms with Gasteiger partial charge in [-0.05, 0) is 49.6 Å². The Labute approximate surface area is 178 Å². The molecule has 0 fully saturated rings. The Morgan fingerprint density at radius 1 is 1.17 bits per heavy atom. The summed E-state index contributed by atoms with van der Waals surface area (Å²) in [4.78, 5) is 27.0. The van der Waals surface area contributed by atoms with Crippen LogP contribution in [0.15, 0.2) is 48.5 Å². The Balaban J connectivity index is 2.08. The van der Waals surface area contributed by atoms with Crippen LogP contribution < -0.4 is 10.1 Å². The molecule has 0 aliphatic heterocycles. The van der Waals surface area contributed by atoms with Crippen molar-refractivity contribution in [3.05, 3.63) is 64.7 Å². The Kier molecular flexibility index (Phi) is 9.00. The van der Waals surface area contributed by atoms with E-state index in [2.05, 4.69) is 12.2 Å². The van der Waals surface area contributed by atoms with Gasteiger partial charge in [0.15, 0.2) is 6.61 Å². The molecule has 0 aliphatic rings. The number of halogens is 1. The number of carbonyl (C=O) groups is 2. The van der Waals surface area contributed by atoms with Crippen molar-refractivity contribution in [2.75, 3.05) is 13.2 Å². The van der Waals surface area contributed by atoms with Crippen LogP contribution in [0.3, 0.4) is 0 Å². The van der Waals surface area contributed by atoms with E-state index in [9.17, 15) is 9.59 Å². The van der Waals surface area contributed by atoms with Gasteiger partial charge < -0.3 is 15.0 Å². The molecule has 156 valence electrons. The van der Waals surface area contributed by atoms with Crippen molar-refractivity contribution >= 4 is 23.4 Å². The Hall–Kier alpha value is -2.53. The van der Waals surface area contributed by atoms with Crippen LogP contribution in [-0.2, 0) is 16.1 Å². The van der Waals surface area contributed by atoms with Gasteiger partial charge >= 0.3 is 0 Å². The molecule has 2 aromatic rings. The molecule has 0 aliphatic carbocycles.